The first-order chi connectivity index (χ1) is 16.2. The summed E-state index contributed by atoms with van der Waals surface area (Å²) in [5.74, 6) is 0.414. The first-order valence-corrected chi connectivity index (χ1v) is 13.9. The normalized spacial score (nSPS) is 17.9. The third-order valence-corrected chi connectivity index (χ3v) is 9.29. The van der Waals surface area contributed by atoms with E-state index < -0.39 is 0 Å². The lowest BCUT2D eigenvalue weighted by molar-refractivity contribution is 0.0328. The fourth-order valence-corrected chi connectivity index (χ4v) is 7.33. The molecule has 2 aromatic carbocycles. The first kappa shape index (κ1) is 23.1. The molecule has 2 saturated heterocycles. The van der Waals surface area contributed by atoms with Crippen molar-refractivity contribution in [3.63, 3.8) is 0 Å². The van der Waals surface area contributed by atoms with Crippen molar-refractivity contribution in [1.82, 2.24) is 9.80 Å². The fourth-order valence-electron chi connectivity index (χ4n) is 4.43. The van der Waals surface area contributed by atoms with Crippen molar-refractivity contribution in [1.29, 1.82) is 0 Å². The number of hydrogen-bond acceptors (Lipinski definition) is 8. The zero-order valence-electron chi connectivity index (χ0n) is 18.5. The molecule has 33 heavy (non-hydrogen) atoms. The summed E-state index contributed by atoms with van der Waals surface area (Å²) in [6.07, 6.45) is 0. The highest BCUT2D eigenvalue weighted by Crippen LogP contribution is 2.43. The zero-order chi connectivity index (χ0) is 22.6. The average Bonchev–Trinajstić information content (AvgIpc) is 3.25. The maximum atomic E-state index is 11.3. The SMILES string of the molecule is Oc1c(CN2CCOCC2)cc(-c2ssc(=S)c2-c2ccccc2)cc1CN1CCOCC1. The van der Waals surface area contributed by atoms with Gasteiger partial charge in [0.05, 0.1) is 31.3 Å². The highest BCUT2D eigenvalue weighted by molar-refractivity contribution is 7.80. The van der Waals surface area contributed by atoms with Crippen LogP contribution in [-0.4, -0.2) is 67.5 Å². The number of phenols is 1. The fraction of sp³-hybridized carbons (Fsp3) is 0.400. The van der Waals surface area contributed by atoms with Crippen molar-refractivity contribution < 1.29 is 14.6 Å². The van der Waals surface area contributed by atoms with E-state index in [1.54, 1.807) is 20.7 Å². The monoisotopic (exact) mass is 500 g/mol. The Bertz CT molecular complexity index is 1090. The van der Waals surface area contributed by atoms with E-state index in [1.165, 1.54) is 4.88 Å². The highest BCUT2D eigenvalue weighted by Gasteiger charge is 2.21. The number of rotatable bonds is 6. The molecule has 5 rings (SSSR count). The third-order valence-electron chi connectivity index (χ3n) is 6.22. The van der Waals surface area contributed by atoms with Crippen molar-refractivity contribution in [2.75, 3.05) is 52.6 Å². The van der Waals surface area contributed by atoms with E-state index in [0.717, 1.165) is 97.3 Å². The van der Waals surface area contributed by atoms with Crippen LogP contribution < -0.4 is 0 Å². The molecular formula is C25H28N2O3S3. The van der Waals surface area contributed by atoms with Gasteiger partial charge in [-0.2, -0.15) is 0 Å². The molecule has 0 spiro atoms. The van der Waals surface area contributed by atoms with Gasteiger partial charge < -0.3 is 14.6 Å². The first-order valence-electron chi connectivity index (χ1n) is 11.3. The Labute approximate surface area is 207 Å². The summed E-state index contributed by atoms with van der Waals surface area (Å²) in [5.41, 5.74) is 5.35. The summed E-state index contributed by atoms with van der Waals surface area (Å²) < 4.78 is 12.0. The number of phenolic OH excluding ortho intramolecular Hbond substituents is 1. The maximum Gasteiger partial charge on any atom is 0.124 e. The van der Waals surface area contributed by atoms with Crippen LogP contribution in [0.3, 0.4) is 0 Å². The summed E-state index contributed by atoms with van der Waals surface area (Å²) in [6, 6.07) is 14.7. The van der Waals surface area contributed by atoms with Gasteiger partial charge in [0.2, 0.25) is 0 Å². The molecule has 5 nitrogen and oxygen atoms in total. The van der Waals surface area contributed by atoms with Crippen LogP contribution in [-0.2, 0) is 22.6 Å². The van der Waals surface area contributed by atoms with Crippen LogP contribution >= 0.6 is 32.9 Å². The minimum Gasteiger partial charge on any atom is -0.507 e. The van der Waals surface area contributed by atoms with Crippen LogP contribution in [0.15, 0.2) is 42.5 Å². The molecule has 0 saturated carbocycles. The zero-order valence-corrected chi connectivity index (χ0v) is 20.9. The van der Waals surface area contributed by atoms with Gasteiger partial charge in [-0.15, -0.1) is 0 Å². The Morgan fingerprint density at radius 2 is 1.33 bits per heavy atom. The molecule has 3 heterocycles. The number of ether oxygens (including phenoxy) is 2. The quantitative estimate of drug-likeness (QED) is 0.369. The second-order valence-corrected chi connectivity index (χ2v) is 11.3. The predicted octanol–water partition coefficient (Wildman–Crippen LogP) is 5.24. The lowest BCUT2D eigenvalue weighted by Gasteiger charge is -2.29. The van der Waals surface area contributed by atoms with Crippen LogP contribution in [0.2, 0.25) is 0 Å². The van der Waals surface area contributed by atoms with Crippen LogP contribution in [0, 0.1) is 3.82 Å². The number of nitrogens with zero attached hydrogens (tertiary/aromatic N) is 2. The van der Waals surface area contributed by atoms with Crippen molar-refractivity contribution in [2.45, 2.75) is 13.1 Å². The molecule has 1 aromatic heterocycles. The molecule has 2 fully saturated rings. The molecule has 8 heteroatoms. The molecule has 0 aliphatic carbocycles. The number of morpholine rings is 2. The molecular weight excluding hydrogens is 472 g/mol. The topological polar surface area (TPSA) is 45.2 Å². The van der Waals surface area contributed by atoms with Gasteiger partial charge in [0, 0.05) is 56.0 Å². The van der Waals surface area contributed by atoms with Crippen LogP contribution in [0.5, 0.6) is 5.75 Å². The van der Waals surface area contributed by atoms with E-state index >= 15 is 0 Å². The van der Waals surface area contributed by atoms with Gasteiger partial charge in [-0.05, 0) is 23.3 Å². The molecule has 0 bridgehead atoms. The number of benzene rings is 2. The van der Waals surface area contributed by atoms with Gasteiger partial charge >= 0.3 is 0 Å². The summed E-state index contributed by atoms with van der Waals surface area (Å²) in [4.78, 5) is 5.89. The molecule has 2 aliphatic rings. The minimum atomic E-state index is 0.414. The highest BCUT2D eigenvalue weighted by atomic mass is 32.9. The predicted molar refractivity (Wildman–Crippen MR) is 138 cm³/mol. The van der Waals surface area contributed by atoms with Gasteiger partial charge in [-0.25, -0.2) is 0 Å². The largest absolute Gasteiger partial charge is 0.507 e. The standard InChI is InChI=1S/C25H28N2O3S3/c28-23-20(16-26-6-10-29-11-7-26)14-19(15-21(23)17-27-8-12-30-13-9-27)24-22(25(31)33-32-24)18-4-2-1-3-5-18/h1-5,14-15,28H,6-13,16-17H2. The lowest BCUT2D eigenvalue weighted by Crippen LogP contribution is -2.36. The number of aromatic hydroxyl groups is 1. The molecule has 0 amide bonds. The molecule has 0 radical (unpaired) electrons. The lowest BCUT2D eigenvalue weighted by atomic mass is 9.98. The molecule has 1 N–H and O–H groups in total. The summed E-state index contributed by atoms with van der Waals surface area (Å²) >= 11 is 5.74. The molecule has 174 valence electrons. The van der Waals surface area contributed by atoms with Crippen molar-refractivity contribution in [3.8, 4) is 27.3 Å². The maximum absolute atomic E-state index is 11.3. The van der Waals surface area contributed by atoms with E-state index in [0.29, 0.717) is 5.75 Å². The Hall–Kier alpha value is -1.65. The Balaban J connectivity index is 1.56. The number of hydrogen-bond donors (Lipinski definition) is 1. The molecule has 0 unspecified atom stereocenters. The second-order valence-electron chi connectivity index (χ2n) is 8.44. The van der Waals surface area contributed by atoms with Gasteiger partial charge in [-0.3, -0.25) is 9.80 Å². The van der Waals surface area contributed by atoms with Crippen LogP contribution in [0.4, 0.5) is 0 Å². The van der Waals surface area contributed by atoms with E-state index in [2.05, 4.69) is 46.2 Å². The van der Waals surface area contributed by atoms with Crippen LogP contribution in [0.1, 0.15) is 11.1 Å². The summed E-state index contributed by atoms with van der Waals surface area (Å²) in [5, 5.41) is 11.3. The van der Waals surface area contributed by atoms with E-state index in [-0.39, 0.29) is 0 Å². The third kappa shape index (κ3) is 5.38. The van der Waals surface area contributed by atoms with Crippen LogP contribution in [0.25, 0.3) is 21.6 Å². The average molecular weight is 501 g/mol. The van der Waals surface area contributed by atoms with Gasteiger partial charge in [0.1, 0.15) is 9.57 Å². The minimum absolute atomic E-state index is 0.414. The van der Waals surface area contributed by atoms with Gasteiger partial charge in [0.15, 0.2) is 0 Å². The smallest absolute Gasteiger partial charge is 0.124 e. The van der Waals surface area contributed by atoms with E-state index in [1.807, 2.05) is 6.07 Å². The van der Waals surface area contributed by atoms with E-state index in [4.69, 9.17) is 21.7 Å². The summed E-state index contributed by atoms with van der Waals surface area (Å²) in [7, 11) is 3.38. The Kier molecular flexibility index (Phi) is 7.52. The second kappa shape index (κ2) is 10.7. The van der Waals surface area contributed by atoms with Crippen molar-refractivity contribution >= 4 is 32.9 Å². The molecule has 2 aliphatic heterocycles. The van der Waals surface area contributed by atoms with Crippen molar-refractivity contribution in [2.24, 2.45) is 0 Å². The molecule has 3 aromatic rings. The van der Waals surface area contributed by atoms with Gasteiger partial charge in [-0.1, -0.05) is 63.2 Å². The van der Waals surface area contributed by atoms with Crippen molar-refractivity contribution in [3.05, 3.63) is 57.4 Å². The molecule has 0 atom stereocenters. The Morgan fingerprint density at radius 1 is 0.788 bits per heavy atom. The summed E-state index contributed by atoms with van der Waals surface area (Å²) in [6.45, 7) is 7.94. The van der Waals surface area contributed by atoms with Gasteiger partial charge in [0.25, 0.3) is 0 Å². The Morgan fingerprint density at radius 3 is 1.88 bits per heavy atom. The van der Waals surface area contributed by atoms with E-state index in [9.17, 15) is 5.11 Å².